The van der Waals surface area contributed by atoms with Crippen molar-refractivity contribution >= 4 is 19.4 Å². The number of nitrogens with two attached hydrogens (primary N) is 1. The van der Waals surface area contributed by atoms with Crippen LogP contribution in [0.25, 0.3) is 0 Å². The summed E-state index contributed by atoms with van der Waals surface area (Å²) in [6, 6.07) is -0.740. The summed E-state index contributed by atoms with van der Waals surface area (Å²) in [7, 11) is -5.22. The predicted octanol–water partition coefficient (Wildman–Crippen LogP) is 1.16. The van der Waals surface area contributed by atoms with Gasteiger partial charge in [-0.25, -0.2) is 17.7 Å². The second kappa shape index (κ2) is 9.19. The van der Waals surface area contributed by atoms with Gasteiger partial charge in [0.05, 0.1) is 11.6 Å². The molecule has 1 aromatic rings. The topological polar surface area (TPSA) is 132 Å². The summed E-state index contributed by atoms with van der Waals surface area (Å²) in [5.41, 5.74) is 5.00. The van der Waals surface area contributed by atoms with Crippen LogP contribution in [-0.4, -0.2) is 80.9 Å². The molecule has 1 saturated heterocycles. The first-order chi connectivity index (χ1) is 15.2. The van der Waals surface area contributed by atoms with Crippen molar-refractivity contribution in [1.82, 2.24) is 15.0 Å². The molecule has 2 heterocycles. The minimum absolute atomic E-state index is 0.00758. The monoisotopic (exact) mass is 505 g/mol. The number of hydrogen-bond acceptors (Lipinski definition) is 8. The van der Waals surface area contributed by atoms with Gasteiger partial charge in [0.25, 0.3) is 0 Å². The molecule has 0 spiro atoms. The second-order valence-electron chi connectivity index (χ2n) is 7.28. The SMILES string of the molecule is NC(CCN1CCN2C(C(F)(F)F)=NN(OP(=O)(O)O)C2C1)C(=O)c1cc(F)c(F)cc1F. The highest BCUT2D eigenvalue weighted by atomic mass is 31.2. The standard InChI is InChI=1S/C16H18F6N5O5P/c17-9-6-11(19)10(18)5-8(9)14(28)12(23)1-2-25-3-4-26-13(7-25)27(32-33(29,30)31)24-15(26)16(20,21)22/h5-6,12-13H,1-4,7,23H2,(H2,29,30,31). The summed E-state index contributed by atoms with van der Waals surface area (Å²) in [5, 5.41) is 3.31. The van der Waals surface area contributed by atoms with E-state index in [2.05, 4.69) is 9.73 Å². The number of phosphoric acid groups is 1. The molecule has 33 heavy (non-hydrogen) atoms. The van der Waals surface area contributed by atoms with Gasteiger partial charge in [0, 0.05) is 32.2 Å². The third-order valence-corrected chi connectivity index (χ3v) is 5.35. The van der Waals surface area contributed by atoms with Crippen molar-refractivity contribution in [2.45, 2.75) is 24.8 Å². The number of fused-ring (bicyclic) bond motifs is 1. The number of alkyl halides is 3. The molecular formula is C16H18F6N5O5P. The highest BCUT2D eigenvalue weighted by Crippen LogP contribution is 2.41. The van der Waals surface area contributed by atoms with Gasteiger partial charge in [0.2, 0.25) is 5.84 Å². The van der Waals surface area contributed by atoms with Crippen LogP contribution in [0.5, 0.6) is 0 Å². The van der Waals surface area contributed by atoms with Crippen LogP contribution in [-0.2, 0) is 9.19 Å². The van der Waals surface area contributed by atoms with E-state index in [1.807, 2.05) is 0 Å². The molecule has 10 nitrogen and oxygen atoms in total. The number of nitrogens with zero attached hydrogens (tertiary/aromatic N) is 4. The molecule has 2 aliphatic heterocycles. The summed E-state index contributed by atoms with van der Waals surface area (Å²) in [6.45, 7) is -0.433. The first-order valence-electron chi connectivity index (χ1n) is 9.31. The lowest BCUT2D eigenvalue weighted by Crippen LogP contribution is -2.58. The summed E-state index contributed by atoms with van der Waals surface area (Å²) >= 11 is 0. The maximum Gasteiger partial charge on any atom is 0.492 e. The van der Waals surface area contributed by atoms with Gasteiger partial charge in [-0.05, 0) is 12.5 Å². The van der Waals surface area contributed by atoms with Gasteiger partial charge in [0.15, 0.2) is 23.6 Å². The molecule has 3 rings (SSSR count). The molecule has 2 aliphatic rings. The largest absolute Gasteiger partial charge is 0.492 e. The molecule has 1 fully saturated rings. The zero-order valence-corrected chi connectivity index (χ0v) is 17.4. The number of carbonyl (C=O) groups excluding carboxylic acids is 1. The molecule has 1 aromatic carbocycles. The van der Waals surface area contributed by atoms with Crippen LogP contribution >= 0.6 is 7.82 Å². The van der Waals surface area contributed by atoms with Crippen LogP contribution in [0.15, 0.2) is 17.2 Å². The quantitative estimate of drug-likeness (QED) is 0.216. The van der Waals surface area contributed by atoms with Crippen molar-refractivity contribution in [2.24, 2.45) is 10.8 Å². The summed E-state index contributed by atoms with van der Waals surface area (Å²) in [4.78, 5) is 32.5. The van der Waals surface area contributed by atoms with Gasteiger partial charge in [0.1, 0.15) is 5.82 Å². The van der Waals surface area contributed by atoms with Crippen LogP contribution in [0, 0.1) is 17.5 Å². The van der Waals surface area contributed by atoms with E-state index in [-0.39, 0.29) is 43.8 Å². The van der Waals surface area contributed by atoms with Crippen molar-refractivity contribution in [2.75, 3.05) is 26.2 Å². The van der Waals surface area contributed by atoms with E-state index in [1.165, 1.54) is 4.90 Å². The van der Waals surface area contributed by atoms with Gasteiger partial charge in [-0.3, -0.25) is 9.69 Å². The number of ketones is 1. The number of hydrogen-bond donors (Lipinski definition) is 3. The Hall–Kier alpha value is -2.23. The van der Waals surface area contributed by atoms with Gasteiger partial charge < -0.3 is 20.4 Å². The van der Waals surface area contributed by atoms with E-state index in [4.69, 9.17) is 15.5 Å². The first-order valence-corrected chi connectivity index (χ1v) is 10.8. The Bertz CT molecular complexity index is 1000. The fraction of sp³-hybridized carbons (Fsp3) is 0.500. The highest BCUT2D eigenvalue weighted by molar-refractivity contribution is 7.46. The Morgan fingerprint density at radius 2 is 1.85 bits per heavy atom. The molecule has 2 atom stereocenters. The first kappa shape index (κ1) is 25.4. The Kier molecular flexibility index (Phi) is 7.07. The Morgan fingerprint density at radius 3 is 2.45 bits per heavy atom. The molecule has 0 radical (unpaired) electrons. The van der Waals surface area contributed by atoms with Gasteiger partial charge in [-0.2, -0.15) is 13.2 Å². The molecule has 0 amide bonds. The van der Waals surface area contributed by atoms with Crippen LogP contribution < -0.4 is 5.73 Å². The van der Waals surface area contributed by atoms with E-state index >= 15 is 0 Å². The van der Waals surface area contributed by atoms with Crippen LogP contribution in [0.4, 0.5) is 26.3 Å². The van der Waals surface area contributed by atoms with Crippen molar-refractivity contribution in [3.05, 3.63) is 35.1 Å². The molecule has 2 unspecified atom stereocenters. The van der Waals surface area contributed by atoms with Crippen molar-refractivity contribution in [3.63, 3.8) is 0 Å². The Labute approximate surface area is 182 Å². The molecule has 184 valence electrons. The van der Waals surface area contributed by atoms with Gasteiger partial charge in [-0.15, -0.1) is 14.9 Å². The molecule has 0 aliphatic carbocycles. The normalized spacial score (nSPS) is 20.6. The number of amidine groups is 1. The molecule has 0 aromatic heterocycles. The van der Waals surface area contributed by atoms with Crippen molar-refractivity contribution < 1.29 is 50.1 Å². The van der Waals surface area contributed by atoms with Crippen LogP contribution in [0.2, 0.25) is 0 Å². The van der Waals surface area contributed by atoms with E-state index in [0.29, 0.717) is 6.07 Å². The van der Waals surface area contributed by atoms with Crippen LogP contribution in [0.3, 0.4) is 0 Å². The highest BCUT2D eigenvalue weighted by Gasteiger charge is 2.51. The van der Waals surface area contributed by atoms with Crippen molar-refractivity contribution in [3.8, 4) is 0 Å². The average molecular weight is 505 g/mol. The lowest BCUT2D eigenvalue weighted by molar-refractivity contribution is -0.145. The molecule has 17 heteroatoms. The zero-order valence-electron chi connectivity index (χ0n) is 16.5. The van der Waals surface area contributed by atoms with E-state index in [9.17, 15) is 35.7 Å². The third kappa shape index (κ3) is 5.83. The minimum atomic E-state index is -5.22. The van der Waals surface area contributed by atoms with Crippen LogP contribution in [0.1, 0.15) is 16.8 Å². The predicted molar refractivity (Wildman–Crippen MR) is 98.6 cm³/mol. The zero-order chi connectivity index (χ0) is 24.7. The number of hydroxylamine groups is 1. The lowest BCUT2D eigenvalue weighted by Gasteiger charge is -2.40. The number of hydrazone groups is 1. The fourth-order valence-corrected chi connectivity index (χ4v) is 3.80. The number of halogens is 6. The fourth-order valence-electron chi connectivity index (χ4n) is 3.44. The molecule has 4 N–H and O–H groups in total. The third-order valence-electron chi connectivity index (χ3n) is 4.97. The molecule has 0 saturated carbocycles. The number of rotatable bonds is 7. The second-order valence-corrected chi connectivity index (χ2v) is 8.42. The average Bonchev–Trinajstić information content (AvgIpc) is 3.05. The lowest BCUT2D eigenvalue weighted by atomic mass is 10.0. The van der Waals surface area contributed by atoms with Crippen molar-refractivity contribution in [1.29, 1.82) is 0 Å². The maximum absolute atomic E-state index is 13.8. The van der Waals surface area contributed by atoms with E-state index in [1.54, 1.807) is 0 Å². The number of carbonyl (C=O) groups is 1. The molecule has 0 bridgehead atoms. The number of benzene rings is 1. The number of Topliss-reactive ketones (excluding diaryl/α,β-unsaturated/α-hetero) is 1. The summed E-state index contributed by atoms with van der Waals surface area (Å²) in [5.74, 6) is -6.60. The maximum atomic E-state index is 13.8. The van der Waals surface area contributed by atoms with E-state index in [0.717, 1.165) is 4.90 Å². The smallest absolute Gasteiger partial charge is 0.325 e. The Morgan fingerprint density at radius 1 is 1.21 bits per heavy atom. The minimum Gasteiger partial charge on any atom is -0.325 e. The summed E-state index contributed by atoms with van der Waals surface area (Å²) in [6.07, 6.45) is -6.37. The van der Waals surface area contributed by atoms with E-state index < -0.39 is 60.8 Å². The van der Waals surface area contributed by atoms with Gasteiger partial charge >= 0.3 is 14.0 Å². The Balaban J connectivity index is 1.65. The summed E-state index contributed by atoms with van der Waals surface area (Å²) < 4.78 is 95.2. The number of piperazine rings is 1. The van der Waals surface area contributed by atoms with Gasteiger partial charge in [-0.1, -0.05) is 0 Å². The molecular weight excluding hydrogens is 487 g/mol.